The molecule has 0 fully saturated rings. The van der Waals surface area contributed by atoms with Crippen LogP contribution in [0.3, 0.4) is 0 Å². The number of H-pyrrole nitrogens is 1. The van der Waals surface area contributed by atoms with Crippen molar-refractivity contribution in [1.29, 1.82) is 0 Å². The average molecular weight is 321 g/mol. The number of benzene rings is 2. The molecule has 4 rings (SSSR count). The van der Waals surface area contributed by atoms with Crippen molar-refractivity contribution in [1.82, 2.24) is 14.8 Å². The van der Waals surface area contributed by atoms with E-state index in [1.165, 1.54) is 12.1 Å². The molecule has 0 aliphatic heterocycles. The van der Waals surface area contributed by atoms with Gasteiger partial charge >= 0.3 is 0 Å². The van der Waals surface area contributed by atoms with Crippen LogP contribution in [0.15, 0.2) is 61.1 Å². The smallest absolute Gasteiger partial charge is 0.125 e. The third-order valence-electron chi connectivity index (χ3n) is 4.21. The molecule has 2 aromatic heterocycles. The Bertz CT molecular complexity index is 1060. The van der Waals surface area contributed by atoms with Gasteiger partial charge in [-0.2, -0.15) is 5.10 Å². The number of aliphatic hydroxyl groups is 1. The number of allylic oxidation sites excluding steroid dienone is 1. The number of aryl methyl sites for hydroxylation is 1. The number of rotatable bonds is 4. The molecule has 2 aromatic carbocycles. The summed E-state index contributed by atoms with van der Waals surface area (Å²) in [7, 11) is 0. The van der Waals surface area contributed by atoms with Gasteiger partial charge in [-0.3, -0.25) is 4.68 Å². The van der Waals surface area contributed by atoms with E-state index in [1.54, 1.807) is 6.07 Å². The Morgan fingerprint density at radius 1 is 1.25 bits per heavy atom. The Hall–Kier alpha value is -3.08. The normalized spacial score (nSPS) is 11.4. The van der Waals surface area contributed by atoms with E-state index in [0.29, 0.717) is 13.0 Å². The van der Waals surface area contributed by atoms with Crippen LogP contribution in [0, 0.1) is 5.82 Å². The van der Waals surface area contributed by atoms with Gasteiger partial charge in [0.1, 0.15) is 5.82 Å². The fourth-order valence-corrected chi connectivity index (χ4v) is 3.01. The number of nitrogens with one attached hydrogen (secondary N) is 1. The average Bonchev–Trinajstić information content (AvgIpc) is 3.15. The third-order valence-corrected chi connectivity index (χ3v) is 4.21. The fraction of sp³-hybridized carbons (Fsp3) is 0.105. The molecule has 0 saturated carbocycles. The van der Waals surface area contributed by atoms with Gasteiger partial charge in [-0.1, -0.05) is 12.6 Å². The Morgan fingerprint density at radius 2 is 2.12 bits per heavy atom. The summed E-state index contributed by atoms with van der Waals surface area (Å²) in [5.74, 6) is -0.0978. The van der Waals surface area contributed by atoms with Crippen molar-refractivity contribution in [3.8, 4) is 11.1 Å². The predicted molar refractivity (Wildman–Crippen MR) is 93.4 cm³/mol. The molecule has 0 atom stereocenters. The van der Waals surface area contributed by atoms with Gasteiger partial charge in [0.25, 0.3) is 0 Å². The van der Waals surface area contributed by atoms with E-state index in [1.807, 2.05) is 29.2 Å². The van der Waals surface area contributed by atoms with Crippen LogP contribution in [0.2, 0.25) is 0 Å². The minimum absolute atomic E-state index is 0.154. The molecule has 0 amide bonds. The summed E-state index contributed by atoms with van der Waals surface area (Å²) in [6, 6.07) is 10.9. The number of nitrogens with zero attached hydrogens (tertiary/aromatic N) is 2. The number of hydrogen-bond donors (Lipinski definition) is 2. The van der Waals surface area contributed by atoms with Crippen molar-refractivity contribution >= 4 is 21.8 Å². The molecule has 0 radical (unpaired) electrons. The van der Waals surface area contributed by atoms with Gasteiger partial charge < -0.3 is 10.1 Å². The van der Waals surface area contributed by atoms with Crippen LogP contribution in [-0.4, -0.2) is 19.9 Å². The highest BCUT2D eigenvalue weighted by Gasteiger charge is 2.09. The standard InChI is InChI=1S/C19H16FN3O/c1-12(24)6-7-23-19-5-2-13(8-14(19)10-22-23)17-11-21-18-9-15(20)3-4-16(17)18/h2-5,8-11,21,24H,1,6-7H2. The molecule has 0 bridgehead atoms. The lowest BCUT2D eigenvalue weighted by Gasteiger charge is -2.04. The van der Waals surface area contributed by atoms with Crippen LogP contribution in [0.5, 0.6) is 0 Å². The quantitative estimate of drug-likeness (QED) is 0.531. The fourth-order valence-electron chi connectivity index (χ4n) is 3.01. The largest absolute Gasteiger partial charge is 0.513 e. The van der Waals surface area contributed by atoms with Gasteiger partial charge in [0.05, 0.1) is 17.5 Å². The zero-order chi connectivity index (χ0) is 16.7. The van der Waals surface area contributed by atoms with Gasteiger partial charge in [0.2, 0.25) is 0 Å². The second kappa shape index (κ2) is 5.53. The molecule has 4 aromatic rings. The number of aliphatic hydroxyl groups excluding tert-OH is 1. The highest BCUT2D eigenvalue weighted by molar-refractivity contribution is 5.97. The molecule has 0 aliphatic carbocycles. The zero-order valence-corrected chi connectivity index (χ0v) is 13.0. The molecule has 2 N–H and O–H groups in total. The van der Waals surface area contributed by atoms with Crippen LogP contribution in [-0.2, 0) is 6.54 Å². The van der Waals surface area contributed by atoms with Crippen molar-refractivity contribution in [2.24, 2.45) is 0 Å². The van der Waals surface area contributed by atoms with Gasteiger partial charge in [-0.15, -0.1) is 0 Å². The molecular formula is C19H16FN3O. The van der Waals surface area contributed by atoms with E-state index in [2.05, 4.69) is 22.7 Å². The molecular weight excluding hydrogens is 305 g/mol. The summed E-state index contributed by atoms with van der Waals surface area (Å²) >= 11 is 0. The SMILES string of the molecule is C=C(O)CCn1ncc2cc(-c3c[nH]c4cc(F)ccc34)ccc21. The maximum Gasteiger partial charge on any atom is 0.125 e. The van der Waals surface area contributed by atoms with Crippen LogP contribution in [0.1, 0.15) is 6.42 Å². The lowest BCUT2D eigenvalue weighted by molar-refractivity contribution is 0.378. The number of aromatic nitrogens is 3. The van der Waals surface area contributed by atoms with Crippen LogP contribution in [0.4, 0.5) is 4.39 Å². The van der Waals surface area contributed by atoms with Crippen LogP contribution >= 0.6 is 0 Å². The van der Waals surface area contributed by atoms with Gasteiger partial charge in [0, 0.05) is 41.0 Å². The van der Waals surface area contributed by atoms with Crippen LogP contribution in [0.25, 0.3) is 32.9 Å². The first-order valence-electron chi connectivity index (χ1n) is 7.71. The zero-order valence-electron chi connectivity index (χ0n) is 13.0. The maximum absolute atomic E-state index is 13.3. The Labute approximate surface area is 137 Å². The van der Waals surface area contributed by atoms with Crippen molar-refractivity contribution in [2.45, 2.75) is 13.0 Å². The lowest BCUT2D eigenvalue weighted by atomic mass is 10.0. The Morgan fingerprint density at radius 3 is 2.96 bits per heavy atom. The summed E-state index contributed by atoms with van der Waals surface area (Å²) in [6.07, 6.45) is 4.19. The second-order valence-electron chi connectivity index (χ2n) is 5.85. The molecule has 2 heterocycles. The first-order chi connectivity index (χ1) is 11.6. The van der Waals surface area contributed by atoms with Crippen molar-refractivity contribution < 1.29 is 9.50 Å². The molecule has 4 nitrogen and oxygen atoms in total. The second-order valence-corrected chi connectivity index (χ2v) is 5.85. The van der Waals surface area contributed by atoms with Gasteiger partial charge in [-0.05, 0) is 35.9 Å². The predicted octanol–water partition coefficient (Wildman–Crippen LogP) is 4.79. The molecule has 0 spiro atoms. The lowest BCUT2D eigenvalue weighted by Crippen LogP contribution is -2.00. The molecule has 0 aliphatic rings. The molecule has 5 heteroatoms. The molecule has 120 valence electrons. The summed E-state index contributed by atoms with van der Waals surface area (Å²) in [5.41, 5.74) is 3.86. The Kier molecular flexibility index (Phi) is 3.34. The van der Waals surface area contributed by atoms with E-state index >= 15 is 0 Å². The monoisotopic (exact) mass is 321 g/mol. The van der Waals surface area contributed by atoms with E-state index in [4.69, 9.17) is 0 Å². The van der Waals surface area contributed by atoms with Crippen LogP contribution < -0.4 is 0 Å². The molecule has 0 unspecified atom stereocenters. The number of fused-ring (bicyclic) bond motifs is 2. The van der Waals surface area contributed by atoms with Gasteiger partial charge in [-0.25, -0.2) is 4.39 Å². The van der Waals surface area contributed by atoms with Crippen molar-refractivity contribution in [2.75, 3.05) is 0 Å². The Balaban J connectivity index is 1.76. The number of halogens is 1. The van der Waals surface area contributed by atoms with Crippen molar-refractivity contribution in [3.05, 3.63) is 66.9 Å². The highest BCUT2D eigenvalue weighted by Crippen LogP contribution is 2.31. The minimum Gasteiger partial charge on any atom is -0.513 e. The van der Waals surface area contributed by atoms with E-state index in [9.17, 15) is 9.50 Å². The molecule has 24 heavy (non-hydrogen) atoms. The van der Waals surface area contributed by atoms with E-state index < -0.39 is 0 Å². The summed E-state index contributed by atoms with van der Waals surface area (Å²) in [6.45, 7) is 4.09. The molecule has 0 saturated heterocycles. The maximum atomic E-state index is 13.3. The number of aromatic amines is 1. The first-order valence-corrected chi connectivity index (χ1v) is 7.71. The summed E-state index contributed by atoms with van der Waals surface area (Å²) in [5, 5.41) is 15.6. The summed E-state index contributed by atoms with van der Waals surface area (Å²) in [4.78, 5) is 3.12. The van der Waals surface area contributed by atoms with E-state index in [-0.39, 0.29) is 11.6 Å². The van der Waals surface area contributed by atoms with Gasteiger partial charge in [0.15, 0.2) is 0 Å². The number of hydrogen-bond acceptors (Lipinski definition) is 2. The topological polar surface area (TPSA) is 53.8 Å². The first kappa shape index (κ1) is 14.5. The summed E-state index contributed by atoms with van der Waals surface area (Å²) < 4.78 is 15.2. The minimum atomic E-state index is -0.252. The highest BCUT2D eigenvalue weighted by atomic mass is 19.1. The van der Waals surface area contributed by atoms with Crippen molar-refractivity contribution in [3.63, 3.8) is 0 Å². The van der Waals surface area contributed by atoms with E-state index in [0.717, 1.165) is 32.9 Å². The third kappa shape index (κ3) is 2.44.